The topological polar surface area (TPSA) is 93.3 Å². The average Bonchev–Trinajstić information content (AvgIpc) is 2.99. The van der Waals surface area contributed by atoms with E-state index in [1.807, 2.05) is 32.9 Å². The van der Waals surface area contributed by atoms with Crippen molar-refractivity contribution in [2.75, 3.05) is 25.6 Å². The second-order valence-corrected chi connectivity index (χ2v) is 6.80. The van der Waals surface area contributed by atoms with Crippen molar-refractivity contribution >= 4 is 23.6 Å². The van der Waals surface area contributed by atoms with Crippen molar-refractivity contribution in [2.24, 2.45) is 0 Å². The van der Waals surface area contributed by atoms with Crippen LogP contribution in [0.2, 0.25) is 0 Å². The van der Waals surface area contributed by atoms with Gasteiger partial charge in [0.2, 0.25) is 0 Å². The molecular weight excluding hydrogens is 389 g/mol. The van der Waals surface area contributed by atoms with Crippen LogP contribution in [0.3, 0.4) is 0 Å². The number of aromatic nitrogens is 1. The highest BCUT2D eigenvalue weighted by Crippen LogP contribution is 2.23. The number of hydrogen-bond donors (Lipinski definition) is 1. The molecule has 8 heteroatoms. The number of aryl methyl sites for hydroxylation is 1. The van der Waals surface area contributed by atoms with Crippen molar-refractivity contribution in [1.82, 2.24) is 4.57 Å². The van der Waals surface area contributed by atoms with E-state index < -0.39 is 24.3 Å². The number of nitriles is 1. The number of nitrogens with one attached hydrogen (secondary N) is 1. The number of anilines is 1. The lowest BCUT2D eigenvalue weighted by Gasteiger charge is -2.17. The first-order chi connectivity index (χ1) is 14.3. The molecule has 1 amide bonds. The molecule has 0 aliphatic carbocycles. The summed E-state index contributed by atoms with van der Waals surface area (Å²) >= 11 is 0. The molecule has 158 valence electrons. The molecule has 7 nitrogen and oxygen atoms in total. The number of hydrogen-bond acceptors (Lipinski definition) is 5. The smallest absolute Gasteiger partial charge is 0.349 e. The molecule has 0 unspecified atom stereocenters. The van der Waals surface area contributed by atoms with Gasteiger partial charge in [-0.15, -0.1) is 0 Å². The summed E-state index contributed by atoms with van der Waals surface area (Å²) in [6.07, 6.45) is 1.44. The number of methoxy groups -OCH3 is 1. The fourth-order valence-corrected chi connectivity index (χ4v) is 3.17. The molecular formula is C22H24FN3O4. The Kier molecular flexibility index (Phi) is 7.90. The second-order valence-electron chi connectivity index (χ2n) is 6.80. The van der Waals surface area contributed by atoms with Gasteiger partial charge in [0, 0.05) is 24.2 Å². The van der Waals surface area contributed by atoms with E-state index in [4.69, 9.17) is 9.47 Å². The van der Waals surface area contributed by atoms with Gasteiger partial charge >= 0.3 is 5.97 Å². The number of carbonyl (C=O) groups excluding carboxylic acids is 2. The largest absolute Gasteiger partial charge is 0.451 e. The highest BCUT2D eigenvalue weighted by molar-refractivity contribution is 6.00. The van der Waals surface area contributed by atoms with Crippen LogP contribution >= 0.6 is 0 Å². The third-order valence-electron chi connectivity index (χ3n) is 4.47. The van der Waals surface area contributed by atoms with Crippen molar-refractivity contribution in [3.05, 3.63) is 58.7 Å². The van der Waals surface area contributed by atoms with E-state index >= 15 is 0 Å². The van der Waals surface area contributed by atoms with Gasteiger partial charge in [-0.3, -0.25) is 4.79 Å². The van der Waals surface area contributed by atoms with E-state index in [1.165, 1.54) is 30.3 Å². The molecule has 1 aromatic carbocycles. The standard InChI is InChI=1S/C22H24FN3O4/c1-14-9-17(16(3)26(14)15(2)12-29-4)10-18(11-24)22(28)30-13-21(27)25-20-7-5-19(23)6-8-20/h5-10,15H,12-13H2,1-4H3,(H,25,27)/b18-10+/t15-/m0/s1. The number of benzene rings is 1. The minimum Gasteiger partial charge on any atom is -0.451 e. The van der Waals surface area contributed by atoms with Crippen LogP contribution in [0.15, 0.2) is 35.9 Å². The van der Waals surface area contributed by atoms with Gasteiger partial charge in [-0.25, -0.2) is 9.18 Å². The molecule has 0 fully saturated rings. The molecule has 0 radical (unpaired) electrons. The van der Waals surface area contributed by atoms with E-state index in [9.17, 15) is 19.2 Å². The summed E-state index contributed by atoms with van der Waals surface area (Å²) in [5, 5.41) is 11.8. The van der Waals surface area contributed by atoms with Gasteiger partial charge in [0.05, 0.1) is 12.6 Å². The number of carbonyl (C=O) groups is 2. The Hall–Kier alpha value is -3.44. The minimum atomic E-state index is -0.901. The fourth-order valence-electron chi connectivity index (χ4n) is 3.17. The van der Waals surface area contributed by atoms with Crippen LogP contribution in [0.1, 0.15) is 29.9 Å². The van der Waals surface area contributed by atoms with E-state index in [2.05, 4.69) is 9.88 Å². The molecule has 2 aromatic rings. The van der Waals surface area contributed by atoms with E-state index in [-0.39, 0.29) is 11.6 Å². The SMILES string of the molecule is COC[C@H](C)n1c(C)cc(/C=C(\C#N)C(=O)OCC(=O)Nc2ccc(F)cc2)c1C. The van der Waals surface area contributed by atoms with Crippen molar-refractivity contribution in [3.63, 3.8) is 0 Å². The molecule has 0 saturated heterocycles. The summed E-state index contributed by atoms with van der Waals surface area (Å²) in [4.78, 5) is 24.2. The van der Waals surface area contributed by atoms with Gasteiger partial charge in [-0.1, -0.05) is 0 Å². The van der Waals surface area contributed by atoms with Crippen LogP contribution < -0.4 is 5.32 Å². The Balaban J connectivity index is 2.06. The molecule has 1 heterocycles. The lowest BCUT2D eigenvalue weighted by atomic mass is 10.1. The molecule has 0 saturated carbocycles. The molecule has 1 atom stereocenters. The molecule has 1 aromatic heterocycles. The molecule has 0 spiro atoms. The van der Waals surface area contributed by atoms with Gasteiger partial charge in [0.15, 0.2) is 6.61 Å². The summed E-state index contributed by atoms with van der Waals surface area (Å²) in [5.74, 6) is -1.93. The lowest BCUT2D eigenvalue weighted by molar-refractivity contribution is -0.142. The van der Waals surface area contributed by atoms with Gasteiger partial charge in [-0.05, 0) is 62.7 Å². The maximum atomic E-state index is 12.9. The lowest BCUT2D eigenvalue weighted by Crippen LogP contribution is -2.21. The van der Waals surface area contributed by atoms with Crippen LogP contribution in [0.5, 0.6) is 0 Å². The quantitative estimate of drug-likeness (QED) is 0.406. The van der Waals surface area contributed by atoms with E-state index in [0.29, 0.717) is 17.9 Å². The van der Waals surface area contributed by atoms with Crippen LogP contribution in [0.25, 0.3) is 6.08 Å². The molecule has 30 heavy (non-hydrogen) atoms. The Bertz CT molecular complexity index is 987. The number of esters is 1. The summed E-state index contributed by atoms with van der Waals surface area (Å²) in [6, 6.07) is 8.94. The monoisotopic (exact) mass is 413 g/mol. The third-order valence-corrected chi connectivity index (χ3v) is 4.47. The molecule has 0 bridgehead atoms. The van der Waals surface area contributed by atoms with Crippen molar-refractivity contribution in [3.8, 4) is 6.07 Å². The first-order valence-electron chi connectivity index (χ1n) is 9.28. The van der Waals surface area contributed by atoms with Crippen molar-refractivity contribution < 1.29 is 23.5 Å². The number of rotatable bonds is 8. The normalized spacial score (nSPS) is 12.2. The number of nitrogens with zero attached hydrogens (tertiary/aromatic N) is 2. The molecule has 1 N–H and O–H groups in total. The summed E-state index contributed by atoms with van der Waals surface area (Å²) < 4.78 is 25.1. The Morgan fingerprint density at radius 1 is 1.30 bits per heavy atom. The van der Waals surface area contributed by atoms with Crippen LogP contribution in [0, 0.1) is 31.0 Å². The van der Waals surface area contributed by atoms with Gasteiger partial charge in [0.25, 0.3) is 5.91 Å². The van der Waals surface area contributed by atoms with Crippen molar-refractivity contribution in [2.45, 2.75) is 26.8 Å². The second kappa shape index (κ2) is 10.4. The number of ether oxygens (including phenoxy) is 2. The maximum absolute atomic E-state index is 12.9. The Labute approximate surface area is 174 Å². The fraction of sp³-hybridized carbons (Fsp3) is 0.318. The molecule has 0 aliphatic rings. The zero-order valence-electron chi connectivity index (χ0n) is 17.4. The molecule has 2 rings (SSSR count). The third kappa shape index (κ3) is 5.78. The Morgan fingerprint density at radius 2 is 1.97 bits per heavy atom. The van der Waals surface area contributed by atoms with Crippen LogP contribution in [-0.2, 0) is 19.1 Å². The van der Waals surface area contributed by atoms with E-state index in [0.717, 1.165) is 11.4 Å². The zero-order valence-corrected chi connectivity index (χ0v) is 17.4. The number of halogens is 1. The van der Waals surface area contributed by atoms with Crippen LogP contribution in [0.4, 0.5) is 10.1 Å². The maximum Gasteiger partial charge on any atom is 0.349 e. The van der Waals surface area contributed by atoms with Gasteiger partial charge in [-0.2, -0.15) is 5.26 Å². The minimum absolute atomic E-state index is 0.0878. The first-order valence-corrected chi connectivity index (χ1v) is 9.28. The van der Waals surface area contributed by atoms with E-state index in [1.54, 1.807) is 7.11 Å². The highest BCUT2D eigenvalue weighted by atomic mass is 19.1. The predicted molar refractivity (Wildman–Crippen MR) is 110 cm³/mol. The summed E-state index contributed by atoms with van der Waals surface area (Å²) in [7, 11) is 1.63. The first kappa shape index (κ1) is 22.8. The zero-order chi connectivity index (χ0) is 22.3. The average molecular weight is 413 g/mol. The van der Waals surface area contributed by atoms with Crippen molar-refractivity contribution in [1.29, 1.82) is 5.26 Å². The summed E-state index contributed by atoms with van der Waals surface area (Å²) in [6.45, 7) is 5.78. The predicted octanol–water partition coefficient (Wildman–Crippen LogP) is 3.54. The molecule has 0 aliphatic heterocycles. The summed E-state index contributed by atoms with van der Waals surface area (Å²) in [5.41, 5.74) is 2.70. The Morgan fingerprint density at radius 3 is 2.57 bits per heavy atom. The van der Waals surface area contributed by atoms with Gasteiger partial charge in [0.1, 0.15) is 17.5 Å². The highest BCUT2D eigenvalue weighted by Gasteiger charge is 2.17. The van der Waals surface area contributed by atoms with Gasteiger partial charge < -0.3 is 19.4 Å². The van der Waals surface area contributed by atoms with Crippen LogP contribution in [-0.4, -0.2) is 36.8 Å². The number of amides is 1.